The molecule has 0 saturated heterocycles. The van der Waals surface area contributed by atoms with E-state index in [1.54, 1.807) is 0 Å². The lowest BCUT2D eigenvalue weighted by molar-refractivity contribution is -0.138. The summed E-state index contributed by atoms with van der Waals surface area (Å²) >= 11 is 0. The maximum Gasteiger partial charge on any atom is 0.312 e. The largest absolute Gasteiger partial charge is 0.481 e. The highest BCUT2D eigenvalue weighted by Gasteiger charge is 2.17. The maximum atomic E-state index is 11.3. The SMILES string of the molecule is CC(C)c1nc(C(C)C(=O)O)cc(=O)[nH]1. The van der Waals surface area contributed by atoms with E-state index in [0.29, 0.717) is 11.5 Å². The van der Waals surface area contributed by atoms with Crippen molar-refractivity contribution in [1.29, 1.82) is 0 Å². The fourth-order valence-electron chi connectivity index (χ4n) is 1.12. The van der Waals surface area contributed by atoms with Gasteiger partial charge in [-0.1, -0.05) is 13.8 Å². The van der Waals surface area contributed by atoms with Crippen LogP contribution in [0.3, 0.4) is 0 Å². The van der Waals surface area contributed by atoms with Crippen molar-refractivity contribution in [2.75, 3.05) is 0 Å². The molecule has 0 aliphatic carbocycles. The Morgan fingerprint density at radius 1 is 1.47 bits per heavy atom. The molecule has 5 heteroatoms. The minimum atomic E-state index is -0.984. The van der Waals surface area contributed by atoms with Crippen LogP contribution in [0.1, 0.15) is 44.1 Å². The number of aromatic amines is 1. The first-order valence-corrected chi connectivity index (χ1v) is 4.75. The van der Waals surface area contributed by atoms with Crippen LogP contribution < -0.4 is 5.56 Å². The summed E-state index contributed by atoms with van der Waals surface area (Å²) in [6.45, 7) is 5.27. The van der Waals surface area contributed by atoms with E-state index in [4.69, 9.17) is 5.11 Å². The van der Waals surface area contributed by atoms with Crippen LogP contribution in [0.2, 0.25) is 0 Å². The number of hydrogen-bond donors (Lipinski definition) is 2. The zero-order valence-electron chi connectivity index (χ0n) is 8.94. The fraction of sp³-hybridized carbons (Fsp3) is 0.500. The Balaban J connectivity index is 3.20. The van der Waals surface area contributed by atoms with E-state index in [9.17, 15) is 9.59 Å². The molecule has 0 saturated carbocycles. The Bertz CT molecular complexity index is 423. The van der Waals surface area contributed by atoms with Crippen molar-refractivity contribution in [1.82, 2.24) is 9.97 Å². The normalized spacial score (nSPS) is 12.8. The topological polar surface area (TPSA) is 83.0 Å². The van der Waals surface area contributed by atoms with Gasteiger partial charge in [0.15, 0.2) is 0 Å². The van der Waals surface area contributed by atoms with Gasteiger partial charge in [-0.2, -0.15) is 0 Å². The van der Waals surface area contributed by atoms with Crippen molar-refractivity contribution in [2.45, 2.75) is 32.6 Å². The summed E-state index contributed by atoms with van der Waals surface area (Å²) in [4.78, 5) is 28.7. The Morgan fingerprint density at radius 2 is 2.07 bits per heavy atom. The molecule has 0 fully saturated rings. The smallest absolute Gasteiger partial charge is 0.312 e. The molecule has 0 amide bonds. The second-order valence-corrected chi connectivity index (χ2v) is 3.77. The van der Waals surface area contributed by atoms with Gasteiger partial charge in [0.1, 0.15) is 5.82 Å². The molecular formula is C10H14N2O3. The van der Waals surface area contributed by atoms with E-state index in [0.717, 1.165) is 0 Å². The highest BCUT2D eigenvalue weighted by atomic mass is 16.4. The number of aliphatic carboxylic acids is 1. The summed E-state index contributed by atoms with van der Waals surface area (Å²) in [7, 11) is 0. The zero-order chi connectivity index (χ0) is 11.6. The quantitative estimate of drug-likeness (QED) is 0.782. The lowest BCUT2D eigenvalue weighted by Gasteiger charge is -2.09. The van der Waals surface area contributed by atoms with Gasteiger partial charge in [0.25, 0.3) is 5.56 Å². The van der Waals surface area contributed by atoms with Gasteiger partial charge in [0.2, 0.25) is 0 Å². The summed E-state index contributed by atoms with van der Waals surface area (Å²) in [5, 5.41) is 8.80. The number of nitrogens with one attached hydrogen (secondary N) is 1. The van der Waals surface area contributed by atoms with Crippen LogP contribution in [0.25, 0.3) is 0 Å². The summed E-state index contributed by atoms with van der Waals surface area (Å²) in [6.07, 6.45) is 0. The monoisotopic (exact) mass is 210 g/mol. The molecule has 0 bridgehead atoms. The number of carboxylic acid groups (broad SMARTS) is 1. The van der Waals surface area contributed by atoms with Crippen LogP contribution in [0.5, 0.6) is 0 Å². The number of carbonyl (C=O) groups is 1. The number of nitrogens with zero attached hydrogens (tertiary/aromatic N) is 1. The molecule has 15 heavy (non-hydrogen) atoms. The predicted octanol–water partition coefficient (Wildman–Crippen LogP) is 1.08. The van der Waals surface area contributed by atoms with Crippen LogP contribution in [-0.2, 0) is 4.79 Å². The Labute approximate surface area is 87.2 Å². The van der Waals surface area contributed by atoms with E-state index in [1.807, 2.05) is 13.8 Å². The number of H-pyrrole nitrogens is 1. The molecule has 0 radical (unpaired) electrons. The first-order valence-electron chi connectivity index (χ1n) is 4.75. The highest BCUT2D eigenvalue weighted by Crippen LogP contribution is 2.13. The Kier molecular flexibility index (Phi) is 3.24. The molecule has 1 aromatic heterocycles. The number of carboxylic acids is 1. The summed E-state index contributed by atoms with van der Waals surface area (Å²) in [5.74, 6) is -1.16. The van der Waals surface area contributed by atoms with Gasteiger partial charge in [-0.25, -0.2) is 4.98 Å². The molecule has 0 aromatic carbocycles. The van der Waals surface area contributed by atoms with E-state index in [2.05, 4.69) is 9.97 Å². The predicted molar refractivity (Wildman–Crippen MR) is 55.0 cm³/mol. The number of rotatable bonds is 3. The van der Waals surface area contributed by atoms with E-state index >= 15 is 0 Å². The third kappa shape index (κ3) is 2.65. The van der Waals surface area contributed by atoms with Gasteiger partial charge in [-0.3, -0.25) is 9.59 Å². The molecule has 1 aromatic rings. The Hall–Kier alpha value is -1.65. The van der Waals surface area contributed by atoms with Crippen molar-refractivity contribution in [3.8, 4) is 0 Å². The standard InChI is InChI=1S/C10H14N2O3/c1-5(2)9-11-7(4-8(13)12-9)6(3)10(14)15/h4-6H,1-3H3,(H,14,15)(H,11,12,13). The molecule has 1 heterocycles. The van der Waals surface area contributed by atoms with Gasteiger partial charge in [-0.05, 0) is 6.92 Å². The first kappa shape index (κ1) is 11.4. The van der Waals surface area contributed by atoms with E-state index in [1.165, 1.54) is 13.0 Å². The fourth-order valence-corrected chi connectivity index (χ4v) is 1.12. The molecule has 1 rings (SSSR count). The van der Waals surface area contributed by atoms with Crippen molar-refractivity contribution in [2.24, 2.45) is 0 Å². The summed E-state index contributed by atoms with van der Waals surface area (Å²) in [5.41, 5.74) is -0.00764. The molecule has 0 aliphatic heterocycles. The Morgan fingerprint density at radius 3 is 2.53 bits per heavy atom. The van der Waals surface area contributed by atoms with Crippen molar-refractivity contribution >= 4 is 5.97 Å². The lowest BCUT2D eigenvalue weighted by atomic mass is 10.1. The van der Waals surface area contributed by atoms with Crippen molar-refractivity contribution in [3.05, 3.63) is 27.9 Å². The molecular weight excluding hydrogens is 196 g/mol. The average molecular weight is 210 g/mol. The van der Waals surface area contributed by atoms with Crippen LogP contribution >= 0.6 is 0 Å². The molecule has 5 nitrogen and oxygen atoms in total. The third-order valence-electron chi connectivity index (χ3n) is 2.14. The van der Waals surface area contributed by atoms with Crippen LogP contribution in [-0.4, -0.2) is 21.0 Å². The van der Waals surface area contributed by atoms with Gasteiger partial charge < -0.3 is 10.1 Å². The van der Waals surface area contributed by atoms with Crippen LogP contribution in [0.4, 0.5) is 0 Å². The van der Waals surface area contributed by atoms with Crippen LogP contribution in [0, 0.1) is 0 Å². The summed E-state index contributed by atoms with van der Waals surface area (Å²) in [6, 6.07) is 1.23. The second-order valence-electron chi connectivity index (χ2n) is 3.77. The second kappa shape index (κ2) is 4.25. The van der Waals surface area contributed by atoms with Gasteiger partial charge in [-0.15, -0.1) is 0 Å². The molecule has 82 valence electrons. The van der Waals surface area contributed by atoms with E-state index in [-0.39, 0.29) is 11.5 Å². The first-order chi connectivity index (χ1) is 6.91. The zero-order valence-corrected chi connectivity index (χ0v) is 8.94. The minimum Gasteiger partial charge on any atom is -0.481 e. The molecule has 1 atom stereocenters. The minimum absolute atomic E-state index is 0.0682. The number of aromatic nitrogens is 2. The van der Waals surface area contributed by atoms with Crippen LogP contribution in [0.15, 0.2) is 10.9 Å². The molecule has 2 N–H and O–H groups in total. The van der Waals surface area contributed by atoms with Gasteiger partial charge in [0, 0.05) is 12.0 Å². The molecule has 0 aliphatic rings. The van der Waals surface area contributed by atoms with Crippen molar-refractivity contribution < 1.29 is 9.90 Å². The third-order valence-corrected chi connectivity index (χ3v) is 2.14. The average Bonchev–Trinajstić information content (AvgIpc) is 2.15. The van der Waals surface area contributed by atoms with Gasteiger partial charge >= 0.3 is 5.97 Å². The number of hydrogen-bond acceptors (Lipinski definition) is 3. The highest BCUT2D eigenvalue weighted by molar-refractivity contribution is 5.74. The van der Waals surface area contributed by atoms with E-state index < -0.39 is 11.9 Å². The molecule has 1 unspecified atom stereocenters. The summed E-state index contributed by atoms with van der Waals surface area (Å²) < 4.78 is 0. The maximum absolute atomic E-state index is 11.3. The van der Waals surface area contributed by atoms with Gasteiger partial charge in [0.05, 0.1) is 11.6 Å². The lowest BCUT2D eigenvalue weighted by Crippen LogP contribution is -2.18. The molecule has 0 spiro atoms. The van der Waals surface area contributed by atoms with Crippen molar-refractivity contribution in [3.63, 3.8) is 0 Å².